The van der Waals surface area contributed by atoms with Gasteiger partial charge in [-0.25, -0.2) is 8.42 Å². The number of piperazine rings is 1. The monoisotopic (exact) mass is 449 g/mol. The van der Waals surface area contributed by atoms with E-state index in [2.05, 4.69) is 24.4 Å². The second-order valence-electron chi connectivity index (χ2n) is 7.49. The van der Waals surface area contributed by atoms with Crippen LogP contribution in [0.15, 0.2) is 53.4 Å². The van der Waals surface area contributed by atoms with Crippen LogP contribution in [0.1, 0.15) is 31.0 Å². The average Bonchev–Trinajstić information content (AvgIpc) is 2.74. The topological polar surface area (TPSA) is 69.7 Å². The molecule has 0 spiro atoms. The number of halogens is 1. The molecule has 3 rings (SSSR count). The maximum absolute atomic E-state index is 12.8. The Labute approximate surface area is 183 Å². The van der Waals surface area contributed by atoms with Gasteiger partial charge in [-0.2, -0.15) is 4.31 Å². The summed E-state index contributed by atoms with van der Waals surface area (Å²) in [6.07, 6.45) is 0.985. The van der Waals surface area contributed by atoms with Gasteiger partial charge in [0.2, 0.25) is 15.9 Å². The van der Waals surface area contributed by atoms with E-state index in [4.69, 9.17) is 11.6 Å². The molecular formula is C22H28ClN3O3S. The number of benzene rings is 2. The Balaban J connectivity index is 1.51. The zero-order valence-corrected chi connectivity index (χ0v) is 18.9. The molecular weight excluding hydrogens is 422 g/mol. The van der Waals surface area contributed by atoms with Crippen LogP contribution in [-0.4, -0.2) is 56.3 Å². The summed E-state index contributed by atoms with van der Waals surface area (Å²) in [5, 5.41) is 3.25. The molecule has 0 aliphatic carbocycles. The van der Waals surface area contributed by atoms with Gasteiger partial charge in [0.05, 0.1) is 17.6 Å². The van der Waals surface area contributed by atoms with E-state index in [1.54, 1.807) is 18.2 Å². The lowest BCUT2D eigenvalue weighted by molar-refractivity contribution is -0.123. The number of carbonyl (C=O) groups excluding carboxylic acids is 1. The van der Waals surface area contributed by atoms with E-state index in [-0.39, 0.29) is 28.4 Å². The Kier molecular flexibility index (Phi) is 7.52. The standard InChI is InChI=1S/C22H28ClN3O3S/c1-3-18-8-10-19(11-9-18)17(2)24-22(27)16-25-12-14-26(15-13-25)30(28,29)21-7-5-4-6-20(21)23/h4-11,17H,3,12-16H2,1-2H3,(H,24,27). The van der Waals surface area contributed by atoms with Crippen molar-refractivity contribution < 1.29 is 13.2 Å². The number of amides is 1. The van der Waals surface area contributed by atoms with Crippen LogP contribution in [0.4, 0.5) is 0 Å². The first-order valence-electron chi connectivity index (χ1n) is 10.2. The third-order valence-electron chi connectivity index (χ3n) is 5.42. The van der Waals surface area contributed by atoms with E-state index >= 15 is 0 Å². The molecule has 162 valence electrons. The summed E-state index contributed by atoms with van der Waals surface area (Å²) >= 11 is 6.07. The predicted octanol–water partition coefficient (Wildman–Crippen LogP) is 3.09. The molecule has 1 aliphatic rings. The summed E-state index contributed by atoms with van der Waals surface area (Å²) in [6.45, 7) is 5.97. The third-order valence-corrected chi connectivity index (χ3v) is 7.82. The van der Waals surface area contributed by atoms with Crippen molar-refractivity contribution in [2.45, 2.75) is 31.2 Å². The van der Waals surface area contributed by atoms with Crippen molar-refractivity contribution in [3.63, 3.8) is 0 Å². The first-order valence-corrected chi connectivity index (χ1v) is 12.0. The maximum Gasteiger partial charge on any atom is 0.244 e. The third kappa shape index (κ3) is 5.40. The van der Waals surface area contributed by atoms with E-state index in [0.717, 1.165) is 12.0 Å². The number of hydrogen-bond donors (Lipinski definition) is 1. The highest BCUT2D eigenvalue weighted by atomic mass is 35.5. The quantitative estimate of drug-likeness (QED) is 0.705. The lowest BCUT2D eigenvalue weighted by Gasteiger charge is -2.33. The Hall–Kier alpha value is -1.93. The molecule has 1 heterocycles. The van der Waals surface area contributed by atoms with Crippen LogP contribution < -0.4 is 5.32 Å². The van der Waals surface area contributed by atoms with Gasteiger partial charge >= 0.3 is 0 Å². The summed E-state index contributed by atoms with van der Waals surface area (Å²) < 4.78 is 27.1. The van der Waals surface area contributed by atoms with E-state index in [0.29, 0.717) is 26.2 Å². The van der Waals surface area contributed by atoms with Gasteiger partial charge in [-0.1, -0.05) is 54.9 Å². The number of rotatable bonds is 7. The summed E-state index contributed by atoms with van der Waals surface area (Å²) in [4.78, 5) is 14.6. The first-order chi connectivity index (χ1) is 14.3. The highest BCUT2D eigenvalue weighted by Gasteiger charge is 2.30. The zero-order chi connectivity index (χ0) is 21.7. The minimum atomic E-state index is -3.63. The fraction of sp³-hybridized carbons (Fsp3) is 0.409. The Morgan fingerprint density at radius 1 is 1.07 bits per heavy atom. The fourth-order valence-electron chi connectivity index (χ4n) is 3.54. The van der Waals surface area contributed by atoms with E-state index in [1.165, 1.54) is 15.9 Å². The maximum atomic E-state index is 12.8. The predicted molar refractivity (Wildman–Crippen MR) is 119 cm³/mol. The van der Waals surface area contributed by atoms with Gasteiger partial charge in [0.25, 0.3) is 0 Å². The molecule has 0 radical (unpaired) electrons. The molecule has 1 unspecified atom stereocenters. The molecule has 1 aliphatic heterocycles. The molecule has 8 heteroatoms. The van der Waals surface area contributed by atoms with Crippen LogP contribution in [-0.2, 0) is 21.2 Å². The van der Waals surface area contributed by atoms with E-state index in [9.17, 15) is 13.2 Å². The SMILES string of the molecule is CCc1ccc(C(C)NC(=O)CN2CCN(S(=O)(=O)c3ccccc3Cl)CC2)cc1. The van der Waals surface area contributed by atoms with Crippen molar-refractivity contribution >= 4 is 27.5 Å². The molecule has 1 N–H and O–H groups in total. The molecule has 0 saturated carbocycles. The first kappa shape index (κ1) is 22.7. The van der Waals surface area contributed by atoms with Gasteiger partial charge in [-0.15, -0.1) is 0 Å². The molecule has 0 aromatic heterocycles. The smallest absolute Gasteiger partial charge is 0.244 e. The fourth-order valence-corrected chi connectivity index (χ4v) is 5.45. The second-order valence-corrected chi connectivity index (χ2v) is 9.81. The Bertz CT molecular complexity index is 971. The number of nitrogens with one attached hydrogen (secondary N) is 1. The van der Waals surface area contributed by atoms with Gasteiger partial charge in [-0.3, -0.25) is 9.69 Å². The highest BCUT2D eigenvalue weighted by Crippen LogP contribution is 2.25. The van der Waals surface area contributed by atoms with Crippen LogP contribution in [0.3, 0.4) is 0 Å². The molecule has 1 amide bonds. The number of carbonyl (C=O) groups is 1. The Morgan fingerprint density at radius 2 is 1.70 bits per heavy atom. The zero-order valence-electron chi connectivity index (χ0n) is 17.3. The molecule has 30 heavy (non-hydrogen) atoms. The molecule has 2 aromatic rings. The summed E-state index contributed by atoms with van der Waals surface area (Å²) in [5.74, 6) is -0.0653. The lowest BCUT2D eigenvalue weighted by Crippen LogP contribution is -2.51. The van der Waals surface area contributed by atoms with Gasteiger partial charge in [-0.05, 0) is 36.6 Å². The van der Waals surface area contributed by atoms with Crippen LogP contribution >= 0.6 is 11.6 Å². The van der Waals surface area contributed by atoms with Gasteiger partial charge in [0.15, 0.2) is 0 Å². The van der Waals surface area contributed by atoms with E-state index < -0.39 is 10.0 Å². The summed E-state index contributed by atoms with van der Waals surface area (Å²) in [7, 11) is -3.63. The second kappa shape index (κ2) is 9.92. The molecule has 1 saturated heterocycles. The van der Waals surface area contributed by atoms with Crippen LogP contribution in [0.25, 0.3) is 0 Å². The number of aryl methyl sites for hydroxylation is 1. The molecule has 6 nitrogen and oxygen atoms in total. The lowest BCUT2D eigenvalue weighted by atomic mass is 10.1. The van der Waals surface area contributed by atoms with Crippen molar-refractivity contribution in [3.05, 3.63) is 64.7 Å². The van der Waals surface area contributed by atoms with Gasteiger partial charge < -0.3 is 5.32 Å². The minimum Gasteiger partial charge on any atom is -0.348 e. The molecule has 1 atom stereocenters. The number of nitrogens with zero attached hydrogens (tertiary/aromatic N) is 2. The average molecular weight is 450 g/mol. The summed E-state index contributed by atoms with van der Waals surface area (Å²) in [5.41, 5.74) is 2.33. The number of sulfonamides is 1. The number of hydrogen-bond acceptors (Lipinski definition) is 4. The van der Waals surface area contributed by atoms with Gasteiger partial charge in [0, 0.05) is 26.2 Å². The Morgan fingerprint density at radius 3 is 2.30 bits per heavy atom. The van der Waals surface area contributed by atoms with Crippen molar-refractivity contribution in [1.82, 2.24) is 14.5 Å². The summed E-state index contributed by atoms with van der Waals surface area (Å²) in [6, 6.07) is 14.6. The van der Waals surface area contributed by atoms with Gasteiger partial charge in [0.1, 0.15) is 4.90 Å². The molecule has 0 bridgehead atoms. The highest BCUT2D eigenvalue weighted by molar-refractivity contribution is 7.89. The van der Waals surface area contributed by atoms with Crippen molar-refractivity contribution in [1.29, 1.82) is 0 Å². The normalized spacial score (nSPS) is 16.9. The minimum absolute atomic E-state index is 0.0653. The molecule has 1 fully saturated rings. The van der Waals surface area contributed by atoms with Crippen LogP contribution in [0.5, 0.6) is 0 Å². The van der Waals surface area contributed by atoms with Crippen LogP contribution in [0.2, 0.25) is 5.02 Å². The van der Waals surface area contributed by atoms with Crippen LogP contribution in [0, 0.1) is 0 Å². The largest absolute Gasteiger partial charge is 0.348 e. The van der Waals surface area contributed by atoms with E-state index in [1.807, 2.05) is 24.0 Å². The van der Waals surface area contributed by atoms with Crippen molar-refractivity contribution in [2.75, 3.05) is 32.7 Å². The van der Waals surface area contributed by atoms with Crippen molar-refractivity contribution in [3.8, 4) is 0 Å². The van der Waals surface area contributed by atoms with Crippen molar-refractivity contribution in [2.24, 2.45) is 0 Å². The molecule has 2 aromatic carbocycles.